The van der Waals surface area contributed by atoms with Crippen LogP contribution in [0.4, 0.5) is 11.4 Å². The van der Waals surface area contributed by atoms with Crippen molar-refractivity contribution >= 4 is 38.2 Å². The number of benzene rings is 3. The zero-order valence-electron chi connectivity index (χ0n) is 13.5. The Balaban J connectivity index is 2.09. The highest BCUT2D eigenvalue weighted by Crippen LogP contribution is 2.35. The number of carbonyl (C=O) groups excluding carboxylic acids is 1. The number of phenols is 1. The van der Waals surface area contributed by atoms with Gasteiger partial charge in [-0.25, -0.2) is 0 Å². The highest BCUT2D eigenvalue weighted by atomic mass is 32.2. The van der Waals surface area contributed by atoms with Crippen LogP contribution in [-0.4, -0.2) is 28.9 Å². The Labute approximate surface area is 152 Å². The number of anilines is 1. The summed E-state index contributed by atoms with van der Waals surface area (Å²) >= 11 is 0. The maximum Gasteiger partial charge on any atom is 0.295 e. The average Bonchev–Trinajstić information content (AvgIpc) is 2.61. The Bertz CT molecular complexity index is 1190. The van der Waals surface area contributed by atoms with Crippen molar-refractivity contribution in [2.24, 2.45) is 0 Å². The Kier molecular flexibility index (Phi) is 4.52. The van der Waals surface area contributed by atoms with Gasteiger partial charge in [0.15, 0.2) is 0 Å². The first-order chi connectivity index (χ1) is 12.7. The van der Waals surface area contributed by atoms with Crippen LogP contribution in [0.1, 0.15) is 10.4 Å². The van der Waals surface area contributed by atoms with Crippen LogP contribution in [0.25, 0.3) is 10.8 Å². The second kappa shape index (κ2) is 6.67. The van der Waals surface area contributed by atoms with Crippen LogP contribution in [0.5, 0.6) is 5.75 Å². The Morgan fingerprint density at radius 1 is 1.07 bits per heavy atom. The summed E-state index contributed by atoms with van der Waals surface area (Å²) < 4.78 is 32.5. The van der Waals surface area contributed by atoms with Gasteiger partial charge in [0.25, 0.3) is 21.7 Å². The normalized spacial score (nSPS) is 11.3. The molecule has 10 heteroatoms. The first kappa shape index (κ1) is 18.3. The third-order valence-corrected chi connectivity index (χ3v) is 4.72. The van der Waals surface area contributed by atoms with Gasteiger partial charge in [-0.1, -0.05) is 18.2 Å². The van der Waals surface area contributed by atoms with Gasteiger partial charge in [0.1, 0.15) is 10.6 Å². The van der Waals surface area contributed by atoms with E-state index in [-0.39, 0.29) is 27.7 Å². The van der Waals surface area contributed by atoms with E-state index in [0.717, 1.165) is 12.1 Å². The number of amides is 1. The minimum absolute atomic E-state index is 0.0244. The van der Waals surface area contributed by atoms with Crippen LogP contribution in [-0.2, 0) is 10.1 Å². The van der Waals surface area contributed by atoms with Crippen molar-refractivity contribution < 1.29 is 27.8 Å². The fourth-order valence-electron chi connectivity index (χ4n) is 2.63. The SMILES string of the molecule is O=C(Nc1ccc(S(=O)(=O)O)c2c(O)cccc12)c1cccc([N+](=O)[O-])c1. The van der Waals surface area contributed by atoms with Gasteiger partial charge >= 0.3 is 0 Å². The molecule has 138 valence electrons. The Hall–Kier alpha value is -3.50. The molecule has 0 fully saturated rings. The third-order valence-electron chi connectivity index (χ3n) is 3.83. The second-order valence-electron chi connectivity index (χ2n) is 5.55. The van der Waals surface area contributed by atoms with E-state index in [0.29, 0.717) is 0 Å². The number of nitro groups is 1. The number of hydrogen-bond donors (Lipinski definition) is 3. The van der Waals surface area contributed by atoms with Crippen LogP contribution in [0, 0.1) is 10.1 Å². The first-order valence-electron chi connectivity index (χ1n) is 7.46. The molecule has 1 amide bonds. The van der Waals surface area contributed by atoms with Gasteiger partial charge in [-0.2, -0.15) is 8.42 Å². The molecular formula is C17H12N2O7S. The average molecular weight is 388 g/mol. The van der Waals surface area contributed by atoms with Crippen LogP contribution in [0.2, 0.25) is 0 Å². The van der Waals surface area contributed by atoms with Crippen LogP contribution >= 0.6 is 0 Å². The first-order valence-corrected chi connectivity index (χ1v) is 8.90. The van der Waals surface area contributed by atoms with E-state index in [1.807, 2.05) is 0 Å². The molecule has 9 nitrogen and oxygen atoms in total. The molecule has 0 aliphatic rings. The van der Waals surface area contributed by atoms with Gasteiger partial charge in [0.05, 0.1) is 4.92 Å². The number of phenolic OH excluding ortho intramolecular Hbond substituents is 1. The van der Waals surface area contributed by atoms with Gasteiger partial charge in [-0.05, 0) is 24.3 Å². The predicted octanol–water partition coefficient (Wildman–Crippen LogP) is 2.95. The van der Waals surface area contributed by atoms with Crippen LogP contribution < -0.4 is 5.32 Å². The molecule has 3 rings (SSSR count). The molecular weight excluding hydrogens is 376 g/mol. The molecule has 0 spiro atoms. The molecule has 0 heterocycles. The van der Waals surface area contributed by atoms with Gasteiger partial charge < -0.3 is 10.4 Å². The molecule has 0 aromatic heterocycles. The summed E-state index contributed by atoms with van der Waals surface area (Å²) in [4.78, 5) is 22.1. The summed E-state index contributed by atoms with van der Waals surface area (Å²) in [6, 6.07) is 11.5. The van der Waals surface area contributed by atoms with Crippen molar-refractivity contribution in [3.05, 3.63) is 70.3 Å². The van der Waals surface area contributed by atoms with Crippen molar-refractivity contribution in [3.63, 3.8) is 0 Å². The minimum Gasteiger partial charge on any atom is -0.507 e. The summed E-state index contributed by atoms with van der Waals surface area (Å²) in [5, 5.41) is 23.4. The number of rotatable bonds is 4. The zero-order chi connectivity index (χ0) is 19.8. The molecule has 0 saturated heterocycles. The molecule has 0 atom stereocenters. The Morgan fingerprint density at radius 2 is 1.78 bits per heavy atom. The number of fused-ring (bicyclic) bond motifs is 1. The van der Waals surface area contributed by atoms with Crippen LogP contribution in [0.15, 0.2) is 59.5 Å². The third kappa shape index (κ3) is 3.57. The van der Waals surface area contributed by atoms with Crippen molar-refractivity contribution in [1.29, 1.82) is 0 Å². The van der Waals surface area contributed by atoms with Gasteiger partial charge in [-0.3, -0.25) is 19.5 Å². The molecule has 0 aliphatic carbocycles. The smallest absolute Gasteiger partial charge is 0.295 e. The second-order valence-corrected chi connectivity index (χ2v) is 6.94. The van der Waals surface area contributed by atoms with E-state index >= 15 is 0 Å². The number of aromatic hydroxyl groups is 1. The monoisotopic (exact) mass is 388 g/mol. The summed E-state index contributed by atoms with van der Waals surface area (Å²) in [6.07, 6.45) is 0. The summed E-state index contributed by atoms with van der Waals surface area (Å²) in [5.41, 5.74) is -0.0759. The topological polar surface area (TPSA) is 147 Å². The van der Waals surface area contributed by atoms with Crippen molar-refractivity contribution in [2.45, 2.75) is 4.90 Å². The highest BCUT2D eigenvalue weighted by molar-refractivity contribution is 7.86. The van der Waals surface area contributed by atoms with Gasteiger partial charge in [0.2, 0.25) is 0 Å². The number of nitro benzene ring substituents is 1. The van der Waals surface area contributed by atoms with Crippen LogP contribution in [0.3, 0.4) is 0 Å². The molecule has 0 radical (unpaired) electrons. The fraction of sp³-hybridized carbons (Fsp3) is 0. The molecule has 0 saturated carbocycles. The number of carbonyl (C=O) groups is 1. The lowest BCUT2D eigenvalue weighted by atomic mass is 10.1. The van der Waals surface area contributed by atoms with Crippen molar-refractivity contribution in [3.8, 4) is 5.75 Å². The van der Waals surface area contributed by atoms with Gasteiger partial charge in [0, 0.05) is 34.2 Å². The number of non-ortho nitro benzene ring substituents is 1. The van der Waals surface area contributed by atoms with E-state index in [2.05, 4.69) is 5.32 Å². The van der Waals surface area contributed by atoms with Crippen molar-refractivity contribution in [1.82, 2.24) is 0 Å². The quantitative estimate of drug-likeness (QED) is 0.354. The molecule has 0 unspecified atom stereocenters. The molecule has 3 aromatic rings. The minimum atomic E-state index is -4.61. The van der Waals surface area contributed by atoms with E-state index in [9.17, 15) is 33.0 Å². The summed E-state index contributed by atoms with van der Waals surface area (Å²) in [6.45, 7) is 0. The largest absolute Gasteiger partial charge is 0.507 e. The van der Waals surface area contributed by atoms with E-state index in [1.54, 1.807) is 0 Å². The summed E-state index contributed by atoms with van der Waals surface area (Å²) in [7, 11) is -4.61. The molecule has 0 aliphatic heterocycles. The zero-order valence-corrected chi connectivity index (χ0v) is 14.3. The molecule has 27 heavy (non-hydrogen) atoms. The number of nitrogens with one attached hydrogen (secondary N) is 1. The van der Waals surface area contributed by atoms with Gasteiger partial charge in [-0.15, -0.1) is 0 Å². The lowest BCUT2D eigenvalue weighted by Crippen LogP contribution is -2.13. The van der Waals surface area contributed by atoms with Crippen molar-refractivity contribution in [2.75, 3.05) is 5.32 Å². The lowest BCUT2D eigenvalue weighted by Gasteiger charge is -2.12. The maximum atomic E-state index is 12.4. The lowest BCUT2D eigenvalue weighted by molar-refractivity contribution is -0.384. The fourth-order valence-corrected chi connectivity index (χ4v) is 3.35. The number of nitrogens with zero attached hydrogens (tertiary/aromatic N) is 1. The Morgan fingerprint density at radius 3 is 2.44 bits per heavy atom. The summed E-state index contributed by atoms with van der Waals surface area (Å²) in [5.74, 6) is -1.06. The van der Waals surface area contributed by atoms with E-state index in [1.165, 1.54) is 42.5 Å². The van der Waals surface area contributed by atoms with E-state index in [4.69, 9.17) is 0 Å². The molecule has 3 N–H and O–H groups in total. The van der Waals surface area contributed by atoms with E-state index < -0.39 is 31.6 Å². The standard InChI is InChI=1S/C17H12N2O7S/c20-14-6-2-5-12-13(7-8-15(16(12)14)27(24,25)26)18-17(21)10-3-1-4-11(9-10)19(22)23/h1-9,20H,(H,18,21)(H,24,25,26). The molecule has 3 aromatic carbocycles. The number of hydrogen-bond acceptors (Lipinski definition) is 6. The maximum absolute atomic E-state index is 12.4. The molecule has 0 bridgehead atoms. The highest BCUT2D eigenvalue weighted by Gasteiger charge is 2.20. The predicted molar refractivity (Wildman–Crippen MR) is 96.5 cm³/mol.